The van der Waals surface area contributed by atoms with E-state index in [1.807, 2.05) is 23.1 Å². The van der Waals surface area contributed by atoms with Crippen LogP contribution in [0.1, 0.15) is 21.0 Å². The number of nitrogens with one attached hydrogen (secondary N) is 2. The molecule has 0 unspecified atom stereocenters. The van der Waals surface area contributed by atoms with E-state index in [0.717, 1.165) is 30.5 Å². The number of nitrogens with zero attached hydrogens (tertiary/aromatic N) is 4. The zero-order chi connectivity index (χ0) is 18.2. The number of thiazole rings is 1. The van der Waals surface area contributed by atoms with Gasteiger partial charge in [-0.25, -0.2) is 4.98 Å². The molecule has 0 bridgehead atoms. The zero-order valence-corrected chi connectivity index (χ0v) is 16.0. The average Bonchev–Trinajstić information content (AvgIpc) is 3.31. The Morgan fingerprint density at radius 1 is 1.19 bits per heavy atom. The molecule has 6 nitrogen and oxygen atoms in total. The molecule has 0 aliphatic heterocycles. The smallest absolute Gasteiger partial charge is 0.191 e. The van der Waals surface area contributed by atoms with Crippen molar-refractivity contribution >= 4 is 17.3 Å². The molecule has 3 rings (SSSR count). The Morgan fingerprint density at radius 3 is 2.73 bits per heavy atom. The lowest BCUT2D eigenvalue weighted by Crippen LogP contribution is -2.38. The molecule has 0 fully saturated rings. The number of hydrogen-bond acceptors (Lipinski definition) is 4. The Kier molecular flexibility index (Phi) is 6.38. The van der Waals surface area contributed by atoms with E-state index in [4.69, 9.17) is 0 Å². The molecule has 0 saturated carbocycles. The second-order valence-corrected chi connectivity index (χ2v) is 7.26. The third kappa shape index (κ3) is 5.16. The first-order valence-electron chi connectivity index (χ1n) is 8.64. The Labute approximate surface area is 158 Å². The van der Waals surface area contributed by atoms with Crippen molar-refractivity contribution in [3.8, 4) is 0 Å². The van der Waals surface area contributed by atoms with Gasteiger partial charge in [-0.2, -0.15) is 5.10 Å². The fraction of sp³-hybridized carbons (Fsp3) is 0.316. The lowest BCUT2D eigenvalue weighted by molar-refractivity contribution is 0.677. The van der Waals surface area contributed by atoms with Crippen molar-refractivity contribution in [2.75, 3.05) is 13.6 Å². The molecule has 0 spiro atoms. The lowest BCUT2D eigenvalue weighted by Gasteiger charge is -2.14. The molecule has 136 valence electrons. The predicted octanol–water partition coefficient (Wildman–Crippen LogP) is 2.60. The minimum atomic E-state index is 0.716. The standard InChI is InChI=1S/C19H24N6S/c1-15-12-22-18(26-15)8-10-21-19(20-2)23-13-16-6-3-4-7-17(16)14-25-11-5-9-24-25/h3-7,9,11-12H,8,10,13-14H2,1-2H3,(H2,20,21,23). The van der Waals surface area contributed by atoms with Gasteiger partial charge in [-0.1, -0.05) is 24.3 Å². The van der Waals surface area contributed by atoms with Crippen LogP contribution in [0.3, 0.4) is 0 Å². The lowest BCUT2D eigenvalue weighted by atomic mass is 10.1. The number of benzene rings is 1. The molecule has 26 heavy (non-hydrogen) atoms. The van der Waals surface area contributed by atoms with Crippen molar-refractivity contribution in [3.63, 3.8) is 0 Å². The van der Waals surface area contributed by atoms with E-state index in [1.54, 1.807) is 24.6 Å². The fourth-order valence-electron chi connectivity index (χ4n) is 2.66. The molecule has 7 heteroatoms. The first kappa shape index (κ1) is 18.1. The maximum atomic E-state index is 4.39. The maximum absolute atomic E-state index is 4.39. The van der Waals surface area contributed by atoms with Gasteiger partial charge in [0.15, 0.2) is 5.96 Å². The summed E-state index contributed by atoms with van der Waals surface area (Å²) in [5, 5.41) is 12.2. The van der Waals surface area contributed by atoms with Crippen molar-refractivity contribution in [1.29, 1.82) is 0 Å². The van der Waals surface area contributed by atoms with Crippen molar-refractivity contribution in [1.82, 2.24) is 25.4 Å². The highest BCUT2D eigenvalue weighted by Gasteiger charge is 2.05. The molecule has 2 N–H and O–H groups in total. The predicted molar refractivity (Wildman–Crippen MR) is 107 cm³/mol. The number of hydrogen-bond donors (Lipinski definition) is 2. The monoisotopic (exact) mass is 368 g/mol. The molecule has 2 heterocycles. The molecule has 2 aromatic heterocycles. The van der Waals surface area contributed by atoms with Gasteiger partial charge in [0, 0.05) is 50.0 Å². The number of guanidine groups is 1. The summed E-state index contributed by atoms with van der Waals surface area (Å²) >= 11 is 1.74. The molecule has 0 radical (unpaired) electrons. The summed E-state index contributed by atoms with van der Waals surface area (Å²) in [7, 11) is 1.79. The third-order valence-electron chi connectivity index (χ3n) is 3.98. The summed E-state index contributed by atoms with van der Waals surface area (Å²) < 4.78 is 1.93. The topological polar surface area (TPSA) is 67.1 Å². The maximum Gasteiger partial charge on any atom is 0.191 e. The van der Waals surface area contributed by atoms with Crippen molar-refractivity contribution in [2.24, 2.45) is 4.99 Å². The Morgan fingerprint density at radius 2 is 2.04 bits per heavy atom. The minimum absolute atomic E-state index is 0.716. The van der Waals surface area contributed by atoms with Crippen LogP contribution >= 0.6 is 11.3 Å². The molecule has 3 aromatic rings. The van der Waals surface area contributed by atoms with Gasteiger partial charge in [-0.15, -0.1) is 11.3 Å². The van der Waals surface area contributed by atoms with E-state index in [-0.39, 0.29) is 0 Å². The molecule has 0 atom stereocenters. The van der Waals surface area contributed by atoms with Gasteiger partial charge in [0.05, 0.1) is 11.6 Å². The van der Waals surface area contributed by atoms with Crippen LogP contribution in [0.15, 0.2) is 53.9 Å². The van der Waals surface area contributed by atoms with E-state index in [1.165, 1.54) is 16.0 Å². The van der Waals surface area contributed by atoms with Gasteiger partial charge in [0.2, 0.25) is 0 Å². The van der Waals surface area contributed by atoms with E-state index < -0.39 is 0 Å². The molecule has 1 aromatic carbocycles. The molecule has 0 aliphatic carbocycles. The minimum Gasteiger partial charge on any atom is -0.356 e. The van der Waals surface area contributed by atoms with Crippen molar-refractivity contribution < 1.29 is 0 Å². The van der Waals surface area contributed by atoms with Gasteiger partial charge in [-0.05, 0) is 24.1 Å². The van der Waals surface area contributed by atoms with E-state index >= 15 is 0 Å². The highest BCUT2D eigenvalue weighted by atomic mass is 32.1. The van der Waals surface area contributed by atoms with Gasteiger partial charge < -0.3 is 10.6 Å². The summed E-state index contributed by atoms with van der Waals surface area (Å²) in [4.78, 5) is 9.94. The van der Waals surface area contributed by atoms with Crippen molar-refractivity contribution in [3.05, 3.63) is 69.9 Å². The summed E-state index contributed by atoms with van der Waals surface area (Å²) in [6.07, 6.45) is 6.60. The Bertz CT molecular complexity index is 837. The molecular weight excluding hydrogens is 344 g/mol. The molecule has 0 saturated heterocycles. The third-order valence-corrected chi connectivity index (χ3v) is 4.95. The van der Waals surface area contributed by atoms with Crippen LogP contribution in [0.2, 0.25) is 0 Å². The van der Waals surface area contributed by atoms with Crippen LogP contribution in [-0.4, -0.2) is 34.3 Å². The second-order valence-electron chi connectivity index (χ2n) is 5.94. The Balaban J connectivity index is 1.52. The fourth-order valence-corrected chi connectivity index (χ4v) is 3.44. The quantitative estimate of drug-likeness (QED) is 0.497. The van der Waals surface area contributed by atoms with Gasteiger partial charge >= 0.3 is 0 Å². The highest BCUT2D eigenvalue weighted by molar-refractivity contribution is 7.11. The first-order chi connectivity index (χ1) is 12.7. The first-order valence-corrected chi connectivity index (χ1v) is 9.46. The summed E-state index contributed by atoms with van der Waals surface area (Å²) in [6, 6.07) is 10.3. The molecule has 0 amide bonds. The van der Waals surface area contributed by atoms with Crippen LogP contribution in [0.4, 0.5) is 0 Å². The highest BCUT2D eigenvalue weighted by Crippen LogP contribution is 2.11. The van der Waals surface area contributed by atoms with Crippen LogP contribution in [0, 0.1) is 6.92 Å². The van der Waals surface area contributed by atoms with Crippen LogP contribution in [-0.2, 0) is 19.5 Å². The zero-order valence-electron chi connectivity index (χ0n) is 15.1. The van der Waals surface area contributed by atoms with E-state index in [0.29, 0.717) is 6.54 Å². The molecule has 0 aliphatic rings. The second kappa shape index (κ2) is 9.15. The van der Waals surface area contributed by atoms with E-state index in [2.05, 4.69) is 56.9 Å². The SMILES string of the molecule is CN=C(NCCc1ncc(C)s1)NCc1ccccc1Cn1cccn1. The molecular formula is C19H24N6S. The summed E-state index contributed by atoms with van der Waals surface area (Å²) in [5.41, 5.74) is 2.49. The largest absolute Gasteiger partial charge is 0.356 e. The average molecular weight is 369 g/mol. The summed E-state index contributed by atoms with van der Waals surface area (Å²) in [6.45, 7) is 4.37. The Hall–Kier alpha value is -2.67. The normalized spacial score (nSPS) is 11.5. The van der Waals surface area contributed by atoms with Crippen LogP contribution in [0.25, 0.3) is 0 Å². The number of rotatable bonds is 7. The van der Waals surface area contributed by atoms with Crippen LogP contribution in [0.5, 0.6) is 0 Å². The number of aryl methyl sites for hydroxylation is 1. The van der Waals surface area contributed by atoms with Gasteiger partial charge in [0.1, 0.15) is 0 Å². The number of aliphatic imine (C=N–C) groups is 1. The van der Waals surface area contributed by atoms with Crippen LogP contribution < -0.4 is 10.6 Å². The summed E-state index contributed by atoms with van der Waals surface area (Å²) in [5.74, 6) is 0.798. The number of aromatic nitrogens is 3. The van der Waals surface area contributed by atoms with Gasteiger partial charge in [0.25, 0.3) is 0 Å². The van der Waals surface area contributed by atoms with E-state index in [9.17, 15) is 0 Å². The van der Waals surface area contributed by atoms with Crippen molar-refractivity contribution in [2.45, 2.75) is 26.4 Å². The van der Waals surface area contributed by atoms with Gasteiger partial charge in [-0.3, -0.25) is 9.67 Å².